The summed E-state index contributed by atoms with van der Waals surface area (Å²) in [4.78, 5) is 0.720. The fourth-order valence-electron chi connectivity index (χ4n) is 0.887. The van der Waals surface area contributed by atoms with E-state index in [-0.39, 0.29) is 0 Å². The third-order valence-electron chi connectivity index (χ3n) is 1.61. The summed E-state index contributed by atoms with van der Waals surface area (Å²) in [5.74, 6) is 0. The largest absolute Gasteiger partial charge is 0.398 e. The Balaban J connectivity index is 2.94. The number of rotatable bonds is 2. The van der Waals surface area contributed by atoms with E-state index in [0.717, 1.165) is 10.4 Å². The Morgan fingerprint density at radius 1 is 1.33 bits per heavy atom. The number of thiocarbonyl (C=S) groups is 1. The van der Waals surface area contributed by atoms with Gasteiger partial charge in [-0.25, -0.2) is 0 Å². The topological polar surface area (TPSA) is 26.0 Å². The van der Waals surface area contributed by atoms with Crippen LogP contribution in [0.3, 0.4) is 0 Å². The molecule has 0 saturated carbocycles. The average Bonchev–Trinajstić information content (AvgIpc) is 2.17. The van der Waals surface area contributed by atoms with Crippen molar-refractivity contribution in [2.75, 3.05) is 0 Å². The molecule has 0 aliphatic rings. The van der Waals surface area contributed by atoms with Crippen LogP contribution in [0.25, 0.3) is 0 Å². The second-order valence-electron chi connectivity index (χ2n) is 2.44. The highest BCUT2D eigenvalue weighted by Gasteiger charge is 2.00. The molecule has 1 nitrogen and oxygen atoms in total. The van der Waals surface area contributed by atoms with Crippen LogP contribution >= 0.6 is 12.2 Å². The van der Waals surface area contributed by atoms with Crippen LogP contribution in [0, 0.1) is 0 Å². The van der Waals surface area contributed by atoms with Gasteiger partial charge in [0.1, 0.15) is 0 Å². The molecular weight excluding hydrogens is 166 g/mol. The average molecular weight is 177 g/mol. The van der Waals surface area contributed by atoms with E-state index >= 15 is 0 Å². The van der Waals surface area contributed by atoms with Crippen LogP contribution in [0.4, 0.5) is 0 Å². The van der Waals surface area contributed by atoms with Gasteiger partial charge >= 0.3 is 0 Å². The minimum atomic E-state index is 0.663. The van der Waals surface area contributed by atoms with E-state index in [9.17, 15) is 0 Å². The zero-order valence-corrected chi connectivity index (χ0v) is 7.77. The standard InChI is InChI=1S/C10H11NS/c1-2-9(11)10(12)8-6-4-3-5-7-8/h2-7H,11H2,1H3. The third kappa shape index (κ3) is 1.92. The molecule has 2 heteroatoms. The van der Waals surface area contributed by atoms with E-state index in [0.29, 0.717) is 5.70 Å². The lowest BCUT2D eigenvalue weighted by atomic mass is 10.1. The first-order chi connectivity index (χ1) is 5.75. The van der Waals surface area contributed by atoms with Crippen molar-refractivity contribution in [2.24, 2.45) is 5.73 Å². The van der Waals surface area contributed by atoms with E-state index in [1.807, 2.05) is 43.3 Å². The van der Waals surface area contributed by atoms with Crippen LogP contribution in [0.5, 0.6) is 0 Å². The van der Waals surface area contributed by atoms with Crippen LogP contribution in [-0.2, 0) is 0 Å². The fraction of sp³-hybridized carbons (Fsp3) is 0.100. The summed E-state index contributed by atoms with van der Waals surface area (Å²) in [5.41, 5.74) is 7.33. The van der Waals surface area contributed by atoms with Crippen molar-refractivity contribution < 1.29 is 0 Å². The molecule has 62 valence electrons. The molecule has 0 radical (unpaired) electrons. The molecule has 1 aromatic carbocycles. The molecule has 0 unspecified atom stereocenters. The highest BCUT2D eigenvalue weighted by atomic mass is 32.1. The maximum absolute atomic E-state index is 5.67. The van der Waals surface area contributed by atoms with E-state index in [4.69, 9.17) is 18.0 Å². The molecule has 1 rings (SSSR count). The van der Waals surface area contributed by atoms with E-state index in [2.05, 4.69) is 0 Å². The molecule has 0 aliphatic carbocycles. The molecular formula is C10H11NS. The van der Waals surface area contributed by atoms with Crippen LogP contribution in [0.2, 0.25) is 0 Å². The summed E-state index contributed by atoms with van der Waals surface area (Å²) in [6, 6.07) is 9.77. The van der Waals surface area contributed by atoms with Gasteiger partial charge < -0.3 is 5.73 Å². The Labute approximate surface area is 77.9 Å². The Hall–Kier alpha value is -1.15. The zero-order chi connectivity index (χ0) is 8.97. The first-order valence-corrected chi connectivity index (χ1v) is 4.18. The van der Waals surface area contributed by atoms with Gasteiger partial charge in [0.05, 0.1) is 4.86 Å². The quantitative estimate of drug-likeness (QED) is 0.426. The van der Waals surface area contributed by atoms with Gasteiger partial charge in [-0.05, 0) is 12.5 Å². The van der Waals surface area contributed by atoms with E-state index < -0.39 is 0 Å². The summed E-state index contributed by atoms with van der Waals surface area (Å²) in [6.45, 7) is 1.88. The number of nitrogens with two attached hydrogens (primary N) is 1. The molecule has 0 amide bonds. The van der Waals surface area contributed by atoms with Gasteiger partial charge in [0.15, 0.2) is 0 Å². The molecule has 0 saturated heterocycles. The predicted octanol–water partition coefficient (Wildman–Crippen LogP) is 2.27. The van der Waals surface area contributed by atoms with Crippen LogP contribution < -0.4 is 5.73 Å². The van der Waals surface area contributed by atoms with Crippen molar-refractivity contribution in [1.82, 2.24) is 0 Å². The SMILES string of the molecule is CC=C(N)C(=S)c1ccccc1. The first kappa shape index (κ1) is 8.94. The molecule has 2 N–H and O–H groups in total. The third-order valence-corrected chi connectivity index (χ3v) is 2.08. The first-order valence-electron chi connectivity index (χ1n) is 3.77. The van der Waals surface area contributed by atoms with Gasteiger partial charge in [0.2, 0.25) is 0 Å². The molecule has 1 aromatic rings. The van der Waals surface area contributed by atoms with Gasteiger partial charge in [0.25, 0.3) is 0 Å². The Bertz CT molecular complexity index is 301. The Kier molecular flexibility index (Phi) is 3.00. The second-order valence-corrected chi connectivity index (χ2v) is 2.85. The summed E-state index contributed by atoms with van der Waals surface area (Å²) < 4.78 is 0. The Morgan fingerprint density at radius 3 is 2.42 bits per heavy atom. The molecule has 0 aliphatic heterocycles. The van der Waals surface area contributed by atoms with Gasteiger partial charge in [0, 0.05) is 5.70 Å². The van der Waals surface area contributed by atoms with Crippen molar-refractivity contribution in [1.29, 1.82) is 0 Å². The number of hydrogen-bond acceptors (Lipinski definition) is 2. The summed E-state index contributed by atoms with van der Waals surface area (Å²) >= 11 is 5.15. The maximum atomic E-state index is 5.67. The lowest BCUT2D eigenvalue weighted by Gasteiger charge is -2.02. The van der Waals surface area contributed by atoms with Crippen LogP contribution in [0.1, 0.15) is 12.5 Å². The smallest absolute Gasteiger partial charge is 0.0675 e. The number of allylic oxidation sites excluding steroid dienone is 2. The van der Waals surface area contributed by atoms with E-state index in [1.165, 1.54) is 0 Å². The Morgan fingerprint density at radius 2 is 1.92 bits per heavy atom. The summed E-state index contributed by atoms with van der Waals surface area (Å²) in [5, 5.41) is 0. The normalized spacial score (nSPS) is 11.2. The molecule has 12 heavy (non-hydrogen) atoms. The number of hydrogen-bond donors (Lipinski definition) is 1. The second kappa shape index (κ2) is 4.02. The van der Waals surface area contributed by atoms with Gasteiger partial charge in [-0.1, -0.05) is 48.6 Å². The van der Waals surface area contributed by atoms with Crippen molar-refractivity contribution in [3.05, 3.63) is 47.7 Å². The molecule has 0 bridgehead atoms. The van der Waals surface area contributed by atoms with Crippen LogP contribution in [0.15, 0.2) is 42.1 Å². The molecule has 0 heterocycles. The van der Waals surface area contributed by atoms with Crippen molar-refractivity contribution in [3.8, 4) is 0 Å². The fourth-order valence-corrected chi connectivity index (χ4v) is 1.14. The highest BCUT2D eigenvalue weighted by Crippen LogP contribution is 2.05. The highest BCUT2D eigenvalue weighted by molar-refractivity contribution is 7.81. The summed E-state index contributed by atoms with van der Waals surface area (Å²) in [6.07, 6.45) is 1.81. The minimum Gasteiger partial charge on any atom is -0.398 e. The number of benzene rings is 1. The van der Waals surface area contributed by atoms with Crippen molar-refractivity contribution >= 4 is 17.1 Å². The minimum absolute atomic E-state index is 0.663. The summed E-state index contributed by atoms with van der Waals surface area (Å²) in [7, 11) is 0. The maximum Gasteiger partial charge on any atom is 0.0675 e. The molecule has 0 spiro atoms. The van der Waals surface area contributed by atoms with Crippen molar-refractivity contribution in [3.63, 3.8) is 0 Å². The lowest BCUT2D eigenvalue weighted by Crippen LogP contribution is -2.09. The van der Waals surface area contributed by atoms with E-state index in [1.54, 1.807) is 0 Å². The van der Waals surface area contributed by atoms with Gasteiger partial charge in [-0.15, -0.1) is 0 Å². The molecule has 0 aromatic heterocycles. The van der Waals surface area contributed by atoms with Crippen molar-refractivity contribution in [2.45, 2.75) is 6.92 Å². The molecule has 0 fully saturated rings. The van der Waals surface area contributed by atoms with Gasteiger partial charge in [-0.3, -0.25) is 0 Å². The van der Waals surface area contributed by atoms with Gasteiger partial charge in [-0.2, -0.15) is 0 Å². The van der Waals surface area contributed by atoms with Crippen LogP contribution in [-0.4, -0.2) is 4.86 Å². The molecule has 0 atom stereocenters. The predicted molar refractivity (Wildman–Crippen MR) is 56.1 cm³/mol. The zero-order valence-electron chi connectivity index (χ0n) is 6.95. The monoisotopic (exact) mass is 177 g/mol. The lowest BCUT2D eigenvalue weighted by molar-refractivity contribution is 1.45.